The molecule has 0 aliphatic heterocycles. The van der Waals surface area contributed by atoms with Crippen LogP contribution in [0.4, 0.5) is 0 Å². The van der Waals surface area contributed by atoms with Crippen molar-refractivity contribution in [3.05, 3.63) is 53.2 Å². The van der Waals surface area contributed by atoms with Gasteiger partial charge < -0.3 is 9.53 Å². The lowest BCUT2D eigenvalue weighted by Gasteiger charge is -2.05. The fraction of sp³-hybridized carbons (Fsp3) is 0.516. The second-order valence-corrected chi connectivity index (χ2v) is 9.33. The molecule has 0 fully saturated rings. The summed E-state index contributed by atoms with van der Waals surface area (Å²) >= 11 is 0. The standard InChI is InChI=1S/C16H16N2O.C8H18.C6H12O2.CH2O/c1-11-9-18-16(8-15(11)10-17-3)14-6-4-13(5-7-14)12(2)19;1-4-6-8(3)7-5-2;1-5(2)4-8-6(3)7;1-2/h4-10H,1-3H3;8H,4-7H2,1-3H3;5H,4H2,1-3H3;1H2. The molecule has 0 unspecified atom stereocenters. The minimum atomic E-state index is -0.196. The summed E-state index contributed by atoms with van der Waals surface area (Å²) < 4.78 is 4.66. The molecule has 1 aromatic heterocycles. The third kappa shape index (κ3) is 17.9. The largest absolute Gasteiger partial charge is 0.466 e. The Morgan fingerprint density at radius 3 is 1.95 bits per heavy atom. The second kappa shape index (κ2) is 22.1. The van der Waals surface area contributed by atoms with Crippen LogP contribution in [0.3, 0.4) is 0 Å². The zero-order valence-electron chi connectivity index (χ0n) is 24.5. The molecular weight excluding hydrogens is 464 g/mol. The lowest BCUT2D eigenvalue weighted by Crippen LogP contribution is -2.05. The van der Waals surface area contributed by atoms with Crippen molar-refractivity contribution >= 4 is 24.8 Å². The maximum atomic E-state index is 11.2. The number of aliphatic imine (C=N–C) groups is 1. The number of rotatable bonds is 9. The Labute approximate surface area is 225 Å². The van der Waals surface area contributed by atoms with Gasteiger partial charge >= 0.3 is 5.97 Å². The summed E-state index contributed by atoms with van der Waals surface area (Å²) in [4.78, 5) is 37.8. The van der Waals surface area contributed by atoms with E-state index in [4.69, 9.17) is 4.79 Å². The summed E-state index contributed by atoms with van der Waals surface area (Å²) in [5.74, 6) is 1.28. The Morgan fingerprint density at radius 2 is 1.57 bits per heavy atom. The number of Topliss-reactive ketones (excluding diaryl/α,β-unsaturated/α-hetero) is 1. The van der Waals surface area contributed by atoms with E-state index in [1.165, 1.54) is 32.6 Å². The summed E-state index contributed by atoms with van der Waals surface area (Å²) in [5.41, 5.74) is 4.75. The highest BCUT2D eigenvalue weighted by Gasteiger charge is 2.04. The Balaban J connectivity index is 0. The highest BCUT2D eigenvalue weighted by molar-refractivity contribution is 5.94. The number of aryl methyl sites for hydroxylation is 1. The van der Waals surface area contributed by atoms with Crippen molar-refractivity contribution in [3.63, 3.8) is 0 Å². The van der Waals surface area contributed by atoms with Crippen molar-refractivity contribution in [1.82, 2.24) is 4.98 Å². The number of nitrogens with zero attached hydrogens (tertiary/aromatic N) is 2. The molecule has 0 radical (unpaired) electrons. The third-order valence-electron chi connectivity index (χ3n) is 5.18. The minimum Gasteiger partial charge on any atom is -0.466 e. The maximum absolute atomic E-state index is 11.2. The van der Waals surface area contributed by atoms with E-state index in [0.717, 1.165) is 28.3 Å². The summed E-state index contributed by atoms with van der Waals surface area (Å²) in [6.45, 7) is 18.4. The molecular formula is C31H48N2O4. The first-order valence-corrected chi connectivity index (χ1v) is 13.0. The zero-order valence-corrected chi connectivity index (χ0v) is 24.5. The molecule has 0 atom stereocenters. The highest BCUT2D eigenvalue weighted by Crippen LogP contribution is 2.20. The number of pyridine rings is 1. The molecule has 0 aliphatic rings. The number of carbonyl (C=O) groups excluding carboxylic acids is 3. The van der Waals surface area contributed by atoms with E-state index in [1.807, 2.05) is 70.3 Å². The van der Waals surface area contributed by atoms with Crippen LogP contribution in [-0.4, -0.2) is 43.4 Å². The average Bonchev–Trinajstić information content (AvgIpc) is 2.87. The van der Waals surface area contributed by atoms with Crippen LogP contribution in [0.1, 0.15) is 95.6 Å². The molecule has 6 nitrogen and oxygen atoms in total. The van der Waals surface area contributed by atoms with E-state index in [-0.39, 0.29) is 11.8 Å². The van der Waals surface area contributed by atoms with Crippen molar-refractivity contribution in [1.29, 1.82) is 0 Å². The number of esters is 1. The van der Waals surface area contributed by atoms with Gasteiger partial charge in [-0.15, -0.1) is 0 Å². The Kier molecular flexibility index (Phi) is 21.5. The molecule has 6 heteroatoms. The van der Waals surface area contributed by atoms with Crippen molar-refractivity contribution in [3.8, 4) is 11.3 Å². The Morgan fingerprint density at radius 1 is 1.03 bits per heavy atom. The summed E-state index contributed by atoms with van der Waals surface area (Å²) in [5, 5.41) is 0. The van der Waals surface area contributed by atoms with Crippen LogP contribution in [0.25, 0.3) is 11.3 Å². The summed E-state index contributed by atoms with van der Waals surface area (Å²) in [6, 6.07) is 9.49. The number of ketones is 1. The molecule has 0 saturated carbocycles. The molecule has 0 amide bonds. The monoisotopic (exact) mass is 512 g/mol. The molecule has 1 heterocycles. The Bertz CT molecular complexity index is 915. The number of hydrogen-bond acceptors (Lipinski definition) is 6. The highest BCUT2D eigenvalue weighted by atomic mass is 16.5. The average molecular weight is 513 g/mol. The van der Waals surface area contributed by atoms with Gasteiger partial charge in [0, 0.05) is 37.5 Å². The Hall–Kier alpha value is -3.15. The molecule has 2 rings (SSSR count). The fourth-order valence-corrected chi connectivity index (χ4v) is 3.26. The number of carbonyl (C=O) groups is 3. The predicted molar refractivity (Wildman–Crippen MR) is 156 cm³/mol. The van der Waals surface area contributed by atoms with E-state index in [0.29, 0.717) is 18.1 Å². The van der Waals surface area contributed by atoms with Crippen LogP contribution in [-0.2, 0) is 14.3 Å². The van der Waals surface area contributed by atoms with Crippen molar-refractivity contribution in [2.24, 2.45) is 16.8 Å². The first kappa shape index (κ1) is 36.0. The van der Waals surface area contributed by atoms with Gasteiger partial charge in [-0.05, 0) is 42.9 Å². The van der Waals surface area contributed by atoms with Crippen LogP contribution in [0.15, 0.2) is 41.5 Å². The number of ether oxygens (including phenoxy) is 1. The topological polar surface area (TPSA) is 85.7 Å². The zero-order chi connectivity index (χ0) is 28.8. The second-order valence-electron chi connectivity index (χ2n) is 9.33. The molecule has 0 saturated heterocycles. The molecule has 37 heavy (non-hydrogen) atoms. The van der Waals surface area contributed by atoms with Crippen molar-refractivity contribution in [2.45, 2.75) is 81.1 Å². The van der Waals surface area contributed by atoms with E-state index >= 15 is 0 Å². The normalized spacial score (nSPS) is 10.0. The van der Waals surface area contributed by atoms with Gasteiger partial charge in [0.1, 0.15) is 6.79 Å². The van der Waals surface area contributed by atoms with Gasteiger partial charge in [-0.1, -0.05) is 84.6 Å². The number of hydrogen-bond donors (Lipinski definition) is 0. The van der Waals surface area contributed by atoms with Crippen molar-refractivity contribution < 1.29 is 19.1 Å². The van der Waals surface area contributed by atoms with E-state index in [1.54, 1.807) is 14.0 Å². The van der Waals surface area contributed by atoms with E-state index < -0.39 is 0 Å². The predicted octanol–water partition coefficient (Wildman–Crippen LogP) is 7.55. The molecule has 0 N–H and O–H groups in total. The lowest BCUT2D eigenvalue weighted by molar-refractivity contribution is -0.142. The molecule has 0 aliphatic carbocycles. The van der Waals surface area contributed by atoms with Crippen LogP contribution < -0.4 is 0 Å². The quantitative estimate of drug-likeness (QED) is 0.197. The summed E-state index contributed by atoms with van der Waals surface area (Å²) in [6.07, 6.45) is 9.18. The van der Waals surface area contributed by atoms with Crippen LogP contribution in [0.2, 0.25) is 0 Å². The third-order valence-corrected chi connectivity index (χ3v) is 5.18. The van der Waals surface area contributed by atoms with Gasteiger partial charge in [0.05, 0.1) is 12.3 Å². The number of benzene rings is 1. The van der Waals surface area contributed by atoms with Crippen LogP contribution >= 0.6 is 0 Å². The molecule has 2 aromatic rings. The van der Waals surface area contributed by atoms with Gasteiger partial charge in [-0.25, -0.2) is 0 Å². The number of aromatic nitrogens is 1. The lowest BCUT2D eigenvalue weighted by atomic mass is 10.0. The van der Waals surface area contributed by atoms with E-state index in [2.05, 4.69) is 35.5 Å². The smallest absolute Gasteiger partial charge is 0.302 e. The minimum absolute atomic E-state index is 0.0715. The first-order chi connectivity index (χ1) is 17.5. The van der Waals surface area contributed by atoms with E-state index in [9.17, 15) is 9.59 Å². The van der Waals surface area contributed by atoms with Gasteiger partial charge in [-0.2, -0.15) is 0 Å². The molecule has 1 aromatic carbocycles. The van der Waals surface area contributed by atoms with Crippen LogP contribution in [0, 0.1) is 18.8 Å². The fourth-order valence-electron chi connectivity index (χ4n) is 3.26. The SMILES string of the molecule is C=O.CC(=O)OCC(C)C.CCCC(C)CCC.CN=Cc1cc(-c2ccc(C(C)=O)cc2)ncc1C. The van der Waals surface area contributed by atoms with Gasteiger partial charge in [0.15, 0.2) is 5.78 Å². The molecule has 0 spiro atoms. The maximum Gasteiger partial charge on any atom is 0.302 e. The summed E-state index contributed by atoms with van der Waals surface area (Å²) in [7, 11) is 1.75. The van der Waals surface area contributed by atoms with Crippen molar-refractivity contribution in [2.75, 3.05) is 13.7 Å². The van der Waals surface area contributed by atoms with Gasteiger partial charge in [-0.3, -0.25) is 19.6 Å². The van der Waals surface area contributed by atoms with Crippen LogP contribution in [0.5, 0.6) is 0 Å². The molecule has 0 bridgehead atoms. The van der Waals surface area contributed by atoms with Gasteiger partial charge in [0.25, 0.3) is 0 Å². The van der Waals surface area contributed by atoms with Gasteiger partial charge in [0.2, 0.25) is 0 Å². The first-order valence-electron chi connectivity index (χ1n) is 13.0. The molecule has 206 valence electrons.